The Kier molecular flexibility index (Phi) is 29.2. The quantitative estimate of drug-likeness (QED) is 0.0295. The monoisotopic (exact) mass is 1680 g/mol. The summed E-state index contributed by atoms with van der Waals surface area (Å²) in [6, 6.07) is 3.24. The van der Waals surface area contributed by atoms with Crippen LogP contribution in [0.1, 0.15) is 153 Å². The number of halogens is 2. The summed E-state index contributed by atoms with van der Waals surface area (Å²) in [6.45, 7) is 5.26. The fraction of sp³-hybridized carbons (Fsp3) is 0.457. The number of rotatable bonds is 25. The molecule has 11 bridgehead atoms. The number of allylic oxidation sites excluding steroid dienone is 4. The SMILES string of the molecule is C=CCCCCCCCOc1cccc(CN[C@]2(C)[C@H](O)[C@@H](O[C@@H]3[C@@H](O)[C@H](O)[C@@H](CO)O[C@H]3c3c4cc5cc3Oc3ccc(cc3Cl)[C@@H](O)[C@@H](NC(CCC)C(=O)NC)C(=O)N[C@@H](CC(N)=O)C(=O)N[C@H]5C(=O)N[C@H]3C(=O)N[C@H](C(=O)N[C@@H](C(=O)O)c5cc(O)cc(O)c5C5CC3=CC=C5O)[C@H](O)c3ccc(c(Cl)c3)O4)O[C@@H](CO)[C@H]2O)c1. The number of aliphatic hydroxyl groups is 9. The molecule has 5 aromatic carbocycles. The number of unbranched alkanes of at least 4 members (excludes halogenated alkanes) is 5. The number of likely N-dealkylation sites (N-methyl/N-ethyl adjacent to an activating group) is 1. The third kappa shape index (κ3) is 19.6. The molecule has 0 radical (unpaired) electrons. The Morgan fingerprint density at radius 3 is 1.99 bits per heavy atom. The molecule has 118 heavy (non-hydrogen) atoms. The summed E-state index contributed by atoms with van der Waals surface area (Å²) >= 11 is 14.4. The Labute approximate surface area is 686 Å². The van der Waals surface area contributed by atoms with E-state index in [9.17, 15) is 75.7 Å². The molecule has 7 amide bonds. The van der Waals surface area contributed by atoms with E-state index in [1.54, 1.807) is 31.2 Å². The van der Waals surface area contributed by atoms with Crippen molar-refractivity contribution in [2.75, 3.05) is 26.9 Å². The van der Waals surface area contributed by atoms with Crippen LogP contribution in [-0.2, 0) is 59.1 Å². The van der Waals surface area contributed by atoms with Gasteiger partial charge in [-0.1, -0.05) is 92.2 Å². The smallest absolute Gasteiger partial charge is 0.330 e. The molecule has 2 saturated heterocycles. The highest BCUT2D eigenvalue weighted by atomic mass is 35.5. The summed E-state index contributed by atoms with van der Waals surface area (Å²) in [5.41, 5.74) is 1.92. The van der Waals surface area contributed by atoms with Gasteiger partial charge in [-0.05, 0) is 133 Å². The van der Waals surface area contributed by atoms with E-state index in [0.29, 0.717) is 24.3 Å². The highest BCUT2D eigenvalue weighted by Gasteiger charge is 2.57. The van der Waals surface area contributed by atoms with E-state index in [2.05, 4.69) is 49.1 Å². The molecule has 13 rings (SSSR count). The normalized spacial score (nSPS) is 28.8. The van der Waals surface area contributed by atoms with Gasteiger partial charge in [-0.15, -0.1) is 6.58 Å². The highest BCUT2D eigenvalue weighted by molar-refractivity contribution is 6.32. The van der Waals surface area contributed by atoms with Gasteiger partial charge in [0.25, 0.3) is 0 Å². The summed E-state index contributed by atoms with van der Waals surface area (Å²) in [5.74, 6) is -15.9. The van der Waals surface area contributed by atoms with E-state index in [0.717, 1.165) is 99.2 Å². The maximum Gasteiger partial charge on any atom is 0.330 e. The van der Waals surface area contributed by atoms with Crippen LogP contribution in [0.5, 0.6) is 40.2 Å². The molecule has 0 spiro atoms. The van der Waals surface area contributed by atoms with Crippen molar-refractivity contribution in [2.24, 2.45) is 5.73 Å². The van der Waals surface area contributed by atoms with Crippen molar-refractivity contribution < 1.29 is 128 Å². The first-order valence-electron chi connectivity index (χ1n) is 38.4. The summed E-state index contributed by atoms with van der Waals surface area (Å²) in [5, 5.41) is 162. The number of primary amides is 1. The molecule has 636 valence electrons. The number of aliphatic carboxylic acids is 1. The number of carboxylic acids is 1. The number of carboxylic acid groups (broad SMARTS) is 1. The highest BCUT2D eigenvalue weighted by Crippen LogP contribution is 2.51. The molecule has 22 N–H and O–H groups in total. The van der Waals surface area contributed by atoms with Crippen LogP contribution < -0.4 is 62.5 Å². The topological polar surface area (TPSA) is 557 Å². The molecular formula is C81H97Cl2N9O26. The number of amides is 7. The van der Waals surface area contributed by atoms with Crippen molar-refractivity contribution in [1.82, 2.24) is 42.5 Å². The zero-order chi connectivity index (χ0) is 85.3. The lowest BCUT2D eigenvalue weighted by Crippen LogP contribution is -2.72. The average molecular weight is 1680 g/mol. The van der Waals surface area contributed by atoms with Gasteiger partial charge in [-0.2, -0.15) is 0 Å². The van der Waals surface area contributed by atoms with Crippen molar-refractivity contribution in [3.05, 3.63) is 170 Å². The second-order valence-electron chi connectivity index (χ2n) is 29.9. The maximum absolute atomic E-state index is 16.3. The van der Waals surface area contributed by atoms with Gasteiger partial charge >= 0.3 is 5.97 Å². The fourth-order valence-electron chi connectivity index (χ4n) is 15.3. The van der Waals surface area contributed by atoms with Crippen molar-refractivity contribution in [1.29, 1.82) is 0 Å². The summed E-state index contributed by atoms with van der Waals surface area (Å²) in [6.07, 6.45) is -13.6. The van der Waals surface area contributed by atoms with Gasteiger partial charge in [0.05, 0.1) is 53.4 Å². The molecule has 0 aromatic heterocycles. The van der Waals surface area contributed by atoms with Crippen LogP contribution >= 0.6 is 23.2 Å². The number of hydrogen-bond acceptors (Lipinski definition) is 27. The molecule has 37 heteroatoms. The molecule has 8 aliphatic rings. The van der Waals surface area contributed by atoms with Gasteiger partial charge in [-0.25, -0.2) is 4.79 Å². The number of fused-ring (bicyclic) bond motifs is 15. The molecule has 1 aliphatic carbocycles. The molecule has 5 aromatic rings. The van der Waals surface area contributed by atoms with E-state index in [1.807, 2.05) is 6.08 Å². The van der Waals surface area contributed by atoms with Gasteiger partial charge in [0.15, 0.2) is 12.3 Å². The van der Waals surface area contributed by atoms with E-state index in [4.69, 9.17) is 57.4 Å². The second kappa shape index (κ2) is 38.8. The lowest BCUT2D eigenvalue weighted by atomic mass is 9.79. The minimum atomic E-state index is -2.39. The molecule has 7 aliphatic heterocycles. The van der Waals surface area contributed by atoms with Crippen LogP contribution in [0.3, 0.4) is 0 Å². The van der Waals surface area contributed by atoms with Crippen LogP contribution in [0.15, 0.2) is 121 Å². The Morgan fingerprint density at radius 2 is 1.36 bits per heavy atom. The Morgan fingerprint density at radius 1 is 0.703 bits per heavy atom. The predicted molar refractivity (Wildman–Crippen MR) is 418 cm³/mol. The number of nitrogens with two attached hydrogens (primary N) is 1. The number of benzene rings is 5. The van der Waals surface area contributed by atoms with Gasteiger partial charge in [0.1, 0.15) is 137 Å². The third-order valence-electron chi connectivity index (χ3n) is 21.8. The third-order valence-corrected chi connectivity index (χ3v) is 22.4. The molecule has 7 heterocycles. The minimum absolute atomic E-state index is 0.0514. The van der Waals surface area contributed by atoms with Crippen molar-refractivity contribution in [3.8, 4) is 40.2 Å². The van der Waals surface area contributed by atoms with Gasteiger partial charge in [0, 0.05) is 31.1 Å². The number of aromatic hydroxyl groups is 2. The minimum Gasteiger partial charge on any atom is -0.512 e. The average Bonchev–Trinajstić information content (AvgIpc) is 0.744. The molecule has 2 unspecified atom stereocenters. The van der Waals surface area contributed by atoms with E-state index in [1.165, 1.54) is 26.1 Å². The number of nitrogens with one attached hydrogen (secondary N) is 8. The lowest BCUT2D eigenvalue weighted by Gasteiger charge is -2.51. The Hall–Kier alpha value is -10.1. The van der Waals surface area contributed by atoms with E-state index < -0.39 is 256 Å². The standard InChI is InChI=1S/C81H97Cl2N9O26/c1-5-7-8-9-10-11-12-23-113-42-16-13-15-36(24-42)33-86-81(3)71(103)56(35-94)117-80(72(81)104)118-70-68(102)67(101)55(34-93)116-69(70)59-53-28-40-29-54(59)115-52-22-19-39(27-46(52)83)66(100)64-78(110)91-62(79(111)112)44-30-41(95)31-50(97)58(44)43-25-37(17-20-49(43)96)60(75(107)92-64)90-76(108)61(40)89-74(106)48(32-57(84)98)88-77(109)63(87-47(14-6-2)73(105)85-4)65(99)38-18-21-51(114-53)45(82)26-38/h5,13,15-22,24,26-31,43,47-48,55-56,60-72,80,86-87,93-97,99-104H,1,6-12,14,23,25,32-35H2,2-4H3,(H2,84,98)(H,85,105)(H,88,109)(H,89,106)(H,90,108)(H,91,110)(H,92,107)(H,111,112)/t43?,47?,48-,55+,56-,60+,61+,62+,63+,64-,65+,66+,67+,68-,69-,70+,71+,72+,80+,81-/m0/s1. The van der Waals surface area contributed by atoms with Crippen LogP contribution in [0.25, 0.3) is 0 Å². The summed E-state index contributed by atoms with van der Waals surface area (Å²) in [7, 11) is 1.32. The van der Waals surface area contributed by atoms with Gasteiger partial charge in [-0.3, -0.25) is 38.9 Å². The van der Waals surface area contributed by atoms with Crippen molar-refractivity contribution in [3.63, 3.8) is 0 Å². The number of phenols is 2. The first-order chi connectivity index (χ1) is 56.3. The fourth-order valence-corrected chi connectivity index (χ4v) is 15.8. The van der Waals surface area contributed by atoms with Crippen LogP contribution in [-0.4, -0.2) is 220 Å². The Balaban J connectivity index is 1.11. The zero-order valence-corrected chi connectivity index (χ0v) is 65.8. The molecule has 35 nitrogen and oxygen atoms in total. The van der Waals surface area contributed by atoms with Crippen LogP contribution in [0.2, 0.25) is 10.0 Å². The van der Waals surface area contributed by atoms with Gasteiger partial charge in [0.2, 0.25) is 41.4 Å². The molecule has 20 atom stereocenters. The van der Waals surface area contributed by atoms with Crippen LogP contribution in [0, 0.1) is 0 Å². The summed E-state index contributed by atoms with van der Waals surface area (Å²) in [4.78, 5) is 118. The zero-order valence-electron chi connectivity index (χ0n) is 64.3. The lowest BCUT2D eigenvalue weighted by molar-refractivity contribution is -0.341. The second-order valence-corrected chi connectivity index (χ2v) is 30.7. The summed E-state index contributed by atoms with van der Waals surface area (Å²) < 4.78 is 39.2. The largest absolute Gasteiger partial charge is 0.512 e. The first-order valence-corrected chi connectivity index (χ1v) is 39.2. The van der Waals surface area contributed by atoms with Crippen molar-refractivity contribution >= 4 is 70.5 Å². The molecule has 2 fully saturated rings. The van der Waals surface area contributed by atoms with Gasteiger partial charge < -0.3 is 133 Å². The van der Waals surface area contributed by atoms with E-state index in [-0.39, 0.29) is 40.4 Å². The maximum atomic E-state index is 16.3. The number of aliphatic hydroxyl groups excluding tert-OH is 9. The number of hydrogen-bond donors (Lipinski definition) is 21. The number of phenolic OH excluding ortho intramolecular Hbond substituents is 2. The van der Waals surface area contributed by atoms with E-state index >= 15 is 24.0 Å². The van der Waals surface area contributed by atoms with Crippen molar-refractivity contribution in [2.45, 2.75) is 206 Å². The molecular weight excluding hydrogens is 1590 g/mol. The number of carbonyl (C=O) groups is 8. The number of ether oxygens (including phenoxy) is 6. The first kappa shape index (κ1) is 88.7. The predicted octanol–water partition coefficient (Wildman–Crippen LogP) is 2.69. The molecule has 0 saturated carbocycles. The Bertz CT molecular complexity index is 4650. The number of carbonyl (C=O) groups excluding carboxylic acids is 7. The van der Waals surface area contributed by atoms with Crippen LogP contribution in [0.4, 0.5) is 0 Å².